The summed E-state index contributed by atoms with van der Waals surface area (Å²) in [5.41, 5.74) is 0. The number of aliphatic hydroxyl groups excluding tert-OH is 1. The summed E-state index contributed by atoms with van der Waals surface area (Å²) in [7, 11) is -3.37. The van der Waals surface area contributed by atoms with E-state index in [9.17, 15) is 13.5 Å². The van der Waals surface area contributed by atoms with Crippen LogP contribution in [0.2, 0.25) is 0 Å². The molecule has 0 aromatic carbocycles. The van der Waals surface area contributed by atoms with E-state index in [0.29, 0.717) is 32.0 Å². The van der Waals surface area contributed by atoms with Gasteiger partial charge in [0.1, 0.15) is 0 Å². The van der Waals surface area contributed by atoms with Gasteiger partial charge >= 0.3 is 0 Å². The van der Waals surface area contributed by atoms with Crippen LogP contribution in [0.25, 0.3) is 0 Å². The second-order valence-corrected chi connectivity index (χ2v) is 7.39. The summed E-state index contributed by atoms with van der Waals surface area (Å²) in [5, 5.41) is 9.62. The van der Waals surface area contributed by atoms with Gasteiger partial charge in [0, 0.05) is 26.2 Å². The van der Waals surface area contributed by atoms with Gasteiger partial charge in [-0.15, -0.1) is 0 Å². The Hall–Kier alpha value is -0.170. The molecule has 1 saturated carbocycles. The Balaban J connectivity index is 2.04. The van der Waals surface area contributed by atoms with E-state index < -0.39 is 16.3 Å². The molecule has 1 N–H and O–H groups in total. The van der Waals surface area contributed by atoms with Crippen LogP contribution < -0.4 is 0 Å². The molecule has 0 aromatic rings. The minimum atomic E-state index is -3.37. The Morgan fingerprint density at radius 2 is 2.06 bits per heavy atom. The first kappa shape index (κ1) is 14.2. The number of hydrogen-bond acceptors (Lipinski definition) is 3. The van der Waals surface area contributed by atoms with Crippen molar-refractivity contribution >= 4 is 10.2 Å². The van der Waals surface area contributed by atoms with Crippen LogP contribution in [0.5, 0.6) is 0 Å². The van der Waals surface area contributed by atoms with Gasteiger partial charge < -0.3 is 5.11 Å². The topological polar surface area (TPSA) is 60.9 Å². The Morgan fingerprint density at radius 3 is 2.61 bits per heavy atom. The maximum Gasteiger partial charge on any atom is 0.282 e. The highest BCUT2D eigenvalue weighted by molar-refractivity contribution is 7.86. The van der Waals surface area contributed by atoms with Gasteiger partial charge in [0.25, 0.3) is 10.2 Å². The summed E-state index contributed by atoms with van der Waals surface area (Å²) in [4.78, 5) is 0. The number of aliphatic hydroxyl groups is 1. The zero-order valence-corrected chi connectivity index (χ0v) is 11.9. The lowest BCUT2D eigenvalue weighted by Gasteiger charge is -2.34. The van der Waals surface area contributed by atoms with E-state index >= 15 is 0 Å². The van der Waals surface area contributed by atoms with Gasteiger partial charge in [-0.25, -0.2) is 0 Å². The van der Waals surface area contributed by atoms with Crippen molar-refractivity contribution in [2.24, 2.45) is 5.92 Å². The number of piperidine rings is 1. The highest BCUT2D eigenvalue weighted by Crippen LogP contribution is 2.31. The van der Waals surface area contributed by atoms with Crippen LogP contribution in [0, 0.1) is 5.92 Å². The summed E-state index contributed by atoms with van der Waals surface area (Å²) in [6, 6.07) is 0. The molecule has 0 unspecified atom stereocenters. The smallest absolute Gasteiger partial charge is 0.282 e. The first-order chi connectivity index (χ1) is 8.54. The molecule has 5 nitrogen and oxygen atoms in total. The number of β-amino-alcohol motifs (C(OH)–C–C–N with tert-alkyl or cyclic N) is 1. The fourth-order valence-electron chi connectivity index (χ4n) is 2.43. The van der Waals surface area contributed by atoms with Crippen LogP contribution >= 0.6 is 0 Å². The molecule has 1 heterocycles. The molecule has 0 spiro atoms. The lowest BCUT2D eigenvalue weighted by Crippen LogP contribution is -2.50. The highest BCUT2D eigenvalue weighted by atomic mass is 32.2. The Morgan fingerprint density at radius 1 is 1.33 bits per heavy atom. The summed E-state index contributed by atoms with van der Waals surface area (Å²) in [6.07, 6.45) is 4.10. The van der Waals surface area contributed by atoms with E-state index in [4.69, 9.17) is 0 Å². The van der Waals surface area contributed by atoms with Crippen molar-refractivity contribution in [1.29, 1.82) is 0 Å². The quantitative estimate of drug-likeness (QED) is 0.781. The first-order valence-electron chi connectivity index (χ1n) is 6.97. The first-order valence-corrected chi connectivity index (χ1v) is 8.37. The van der Waals surface area contributed by atoms with E-state index in [1.54, 1.807) is 4.31 Å². The third kappa shape index (κ3) is 3.44. The van der Waals surface area contributed by atoms with Crippen LogP contribution in [0.4, 0.5) is 0 Å². The minimum Gasteiger partial charge on any atom is -0.392 e. The molecule has 2 fully saturated rings. The van der Waals surface area contributed by atoms with Crippen molar-refractivity contribution in [3.63, 3.8) is 0 Å². The lowest BCUT2D eigenvalue weighted by molar-refractivity contribution is 0.104. The summed E-state index contributed by atoms with van der Waals surface area (Å²) >= 11 is 0. The predicted molar refractivity (Wildman–Crippen MR) is 70.3 cm³/mol. The average molecular weight is 276 g/mol. The number of nitrogens with zero attached hydrogens (tertiary/aromatic N) is 2. The molecule has 6 heteroatoms. The van der Waals surface area contributed by atoms with Crippen molar-refractivity contribution in [1.82, 2.24) is 8.61 Å². The molecular formula is C12H24N2O3S. The fraction of sp³-hybridized carbons (Fsp3) is 1.00. The molecule has 1 saturated heterocycles. The van der Waals surface area contributed by atoms with Crippen molar-refractivity contribution in [3.05, 3.63) is 0 Å². The molecule has 1 aliphatic carbocycles. The van der Waals surface area contributed by atoms with E-state index in [-0.39, 0.29) is 6.54 Å². The van der Waals surface area contributed by atoms with Crippen molar-refractivity contribution in [2.45, 2.75) is 45.1 Å². The van der Waals surface area contributed by atoms with Gasteiger partial charge in [0.05, 0.1) is 6.10 Å². The maximum atomic E-state index is 12.5. The molecule has 18 heavy (non-hydrogen) atoms. The predicted octanol–water partition coefficient (Wildman–Crippen LogP) is 0.810. The standard InChI is InChI=1S/C12H24N2O3S/c1-2-7-13(9-11-5-6-11)18(16,17)14-8-3-4-12(15)10-14/h11-12,15H,2-10H2,1H3/t12-/m1/s1. The van der Waals surface area contributed by atoms with Crippen molar-refractivity contribution in [3.8, 4) is 0 Å². The van der Waals surface area contributed by atoms with Crippen molar-refractivity contribution < 1.29 is 13.5 Å². The maximum absolute atomic E-state index is 12.5. The average Bonchev–Trinajstić information content (AvgIpc) is 3.12. The molecule has 106 valence electrons. The normalized spacial score (nSPS) is 26.7. The third-order valence-corrected chi connectivity index (χ3v) is 5.61. The molecule has 1 atom stereocenters. The summed E-state index contributed by atoms with van der Waals surface area (Å²) in [5.74, 6) is 0.557. The fourth-order valence-corrected chi connectivity index (χ4v) is 4.29. The summed E-state index contributed by atoms with van der Waals surface area (Å²) < 4.78 is 28.1. The molecule has 2 aliphatic rings. The second kappa shape index (κ2) is 5.86. The van der Waals surface area contributed by atoms with Gasteiger partial charge in [0.2, 0.25) is 0 Å². The van der Waals surface area contributed by atoms with Gasteiger partial charge in [-0.2, -0.15) is 17.0 Å². The van der Waals surface area contributed by atoms with E-state index in [0.717, 1.165) is 25.7 Å². The van der Waals surface area contributed by atoms with E-state index in [1.165, 1.54) is 4.31 Å². The molecule has 0 bridgehead atoms. The Kier molecular flexibility index (Phi) is 4.64. The molecule has 0 amide bonds. The number of rotatable bonds is 6. The van der Waals surface area contributed by atoms with Gasteiger partial charge in [-0.05, 0) is 38.0 Å². The lowest BCUT2D eigenvalue weighted by atomic mass is 10.1. The van der Waals surface area contributed by atoms with E-state index in [1.807, 2.05) is 6.92 Å². The van der Waals surface area contributed by atoms with Gasteiger partial charge in [0.15, 0.2) is 0 Å². The van der Waals surface area contributed by atoms with E-state index in [2.05, 4.69) is 0 Å². The molecule has 0 aromatic heterocycles. The zero-order chi connectivity index (χ0) is 13.2. The highest BCUT2D eigenvalue weighted by Gasteiger charge is 2.35. The van der Waals surface area contributed by atoms with Crippen LogP contribution in [-0.2, 0) is 10.2 Å². The Labute approximate surface area is 110 Å². The molecule has 0 radical (unpaired) electrons. The minimum absolute atomic E-state index is 0.257. The molecule has 1 aliphatic heterocycles. The molecule has 2 rings (SSSR count). The Bertz CT molecular complexity index is 368. The zero-order valence-electron chi connectivity index (χ0n) is 11.1. The molecular weight excluding hydrogens is 252 g/mol. The second-order valence-electron chi connectivity index (χ2n) is 5.46. The van der Waals surface area contributed by atoms with Gasteiger partial charge in [-0.1, -0.05) is 6.92 Å². The van der Waals surface area contributed by atoms with Crippen LogP contribution in [0.3, 0.4) is 0 Å². The van der Waals surface area contributed by atoms with Crippen molar-refractivity contribution in [2.75, 3.05) is 26.2 Å². The summed E-state index contributed by atoms with van der Waals surface area (Å²) in [6.45, 7) is 4.05. The monoisotopic (exact) mass is 276 g/mol. The van der Waals surface area contributed by atoms with Crippen LogP contribution in [0.1, 0.15) is 39.0 Å². The van der Waals surface area contributed by atoms with Crippen LogP contribution in [-0.4, -0.2) is 54.4 Å². The number of hydrogen-bond donors (Lipinski definition) is 1. The SMILES string of the molecule is CCCN(CC1CC1)S(=O)(=O)N1CCC[C@@H](O)C1. The van der Waals surface area contributed by atoms with Gasteiger partial charge in [-0.3, -0.25) is 0 Å². The van der Waals surface area contributed by atoms with Crippen LogP contribution in [0.15, 0.2) is 0 Å². The third-order valence-electron chi connectivity index (χ3n) is 3.64. The largest absolute Gasteiger partial charge is 0.392 e.